The third kappa shape index (κ3) is 26.4. The molecular weight excluding hydrogens is 127 g/mol. The molecule has 3 nitrogen and oxygen atoms in total. The quantitative estimate of drug-likeness (QED) is 0.440. The van der Waals surface area contributed by atoms with Gasteiger partial charge in [0, 0.05) is 13.1 Å². The predicted octanol–water partition coefficient (Wildman–Crippen LogP) is -1.28. The third-order valence-electron chi connectivity index (χ3n) is 0.167. The van der Waals surface area contributed by atoms with Gasteiger partial charge in [-0.3, -0.25) is 0 Å². The summed E-state index contributed by atoms with van der Waals surface area (Å²) in [7, 11) is 0. The molecule has 0 saturated carbocycles. The average Bonchev–Trinajstić information content (AvgIpc) is 1.37. The van der Waals surface area contributed by atoms with E-state index in [-0.39, 0.29) is 22.0 Å². The minimum Gasteiger partial charge on any atom is -0.870 e. The first kappa shape index (κ1) is 16.2. The summed E-state index contributed by atoms with van der Waals surface area (Å²) in [5, 5.41) is 0. The Balaban J connectivity index is -0.0000000450. The molecule has 0 heterocycles. The zero-order chi connectivity index (χ0) is 3.41. The van der Waals surface area contributed by atoms with Crippen molar-refractivity contribution < 1.29 is 22.0 Å². The Hall–Kier alpha value is 0.374. The van der Waals surface area contributed by atoms with Gasteiger partial charge >= 0.3 is 16.5 Å². The van der Waals surface area contributed by atoms with Crippen LogP contribution in [-0.2, 0) is 16.5 Å². The summed E-state index contributed by atoms with van der Waals surface area (Å²) in [5.41, 5.74) is 9.81. The second-order valence-electron chi connectivity index (χ2n) is 0.577. The Bertz CT molecular complexity index is 13.5. The van der Waals surface area contributed by atoms with Crippen LogP contribution < -0.4 is 11.5 Å². The SMILES string of the molecule is NCCN.[Ni+2].[OH-]. The first-order valence-corrected chi connectivity index (χ1v) is 1.32. The van der Waals surface area contributed by atoms with Crippen LogP contribution in [0.3, 0.4) is 0 Å². The fourth-order valence-electron chi connectivity index (χ4n) is 0. The first-order valence-electron chi connectivity index (χ1n) is 1.32. The van der Waals surface area contributed by atoms with Crippen LogP contribution >= 0.6 is 0 Å². The smallest absolute Gasteiger partial charge is 0.870 e. The molecule has 0 bridgehead atoms. The molecule has 0 unspecified atom stereocenters. The van der Waals surface area contributed by atoms with Crippen molar-refractivity contribution in [3.8, 4) is 0 Å². The summed E-state index contributed by atoms with van der Waals surface area (Å²) in [5.74, 6) is 0. The van der Waals surface area contributed by atoms with E-state index < -0.39 is 0 Å². The summed E-state index contributed by atoms with van der Waals surface area (Å²) in [6.45, 7) is 1.19. The van der Waals surface area contributed by atoms with Crippen molar-refractivity contribution in [2.75, 3.05) is 13.1 Å². The molecule has 0 fully saturated rings. The molecule has 0 aromatic carbocycles. The Kier molecular flexibility index (Phi) is 49.2. The molecule has 0 aromatic rings. The van der Waals surface area contributed by atoms with Crippen LogP contribution in [-0.4, -0.2) is 18.6 Å². The Labute approximate surface area is 47.3 Å². The first-order chi connectivity index (χ1) is 1.91. The zero-order valence-electron chi connectivity index (χ0n) is 3.33. The molecule has 0 aliphatic rings. The zero-order valence-corrected chi connectivity index (χ0v) is 4.32. The van der Waals surface area contributed by atoms with Crippen LogP contribution in [0.5, 0.6) is 0 Å². The number of hydrogen-bond acceptors (Lipinski definition) is 3. The normalized spacial score (nSPS) is 5.00. The molecule has 0 spiro atoms. The topological polar surface area (TPSA) is 82.0 Å². The van der Waals surface area contributed by atoms with E-state index in [0.29, 0.717) is 13.1 Å². The molecule has 0 aromatic heterocycles. The van der Waals surface area contributed by atoms with Crippen LogP contribution in [0.1, 0.15) is 0 Å². The third-order valence-corrected chi connectivity index (χ3v) is 0.167. The second kappa shape index (κ2) is 18.2. The number of nitrogens with two attached hydrogens (primary N) is 2. The van der Waals surface area contributed by atoms with E-state index in [9.17, 15) is 0 Å². The van der Waals surface area contributed by atoms with E-state index in [1.165, 1.54) is 0 Å². The van der Waals surface area contributed by atoms with Crippen LogP contribution in [0.25, 0.3) is 0 Å². The molecule has 0 radical (unpaired) electrons. The minimum atomic E-state index is 0. The molecule has 0 rings (SSSR count). The Morgan fingerprint density at radius 3 is 1.17 bits per heavy atom. The van der Waals surface area contributed by atoms with E-state index in [2.05, 4.69) is 0 Å². The van der Waals surface area contributed by atoms with Crippen molar-refractivity contribution in [1.82, 2.24) is 0 Å². The number of rotatable bonds is 1. The van der Waals surface area contributed by atoms with Crippen LogP contribution in [0.15, 0.2) is 0 Å². The van der Waals surface area contributed by atoms with Crippen LogP contribution in [0.2, 0.25) is 0 Å². The van der Waals surface area contributed by atoms with Gasteiger partial charge in [0.15, 0.2) is 0 Å². The maximum Gasteiger partial charge on any atom is 2.00 e. The van der Waals surface area contributed by atoms with E-state index in [1.54, 1.807) is 0 Å². The van der Waals surface area contributed by atoms with Gasteiger partial charge in [-0.15, -0.1) is 0 Å². The summed E-state index contributed by atoms with van der Waals surface area (Å²) in [6, 6.07) is 0. The maximum absolute atomic E-state index is 4.90. The van der Waals surface area contributed by atoms with Crippen LogP contribution in [0, 0.1) is 0 Å². The molecule has 0 saturated heterocycles. The van der Waals surface area contributed by atoms with Gasteiger partial charge in [-0.05, 0) is 0 Å². The van der Waals surface area contributed by atoms with Crippen molar-refractivity contribution >= 4 is 0 Å². The Morgan fingerprint density at radius 1 is 1.00 bits per heavy atom. The predicted molar refractivity (Wildman–Crippen MR) is 20.0 cm³/mol. The fourth-order valence-corrected chi connectivity index (χ4v) is 0. The van der Waals surface area contributed by atoms with Gasteiger partial charge in [0.2, 0.25) is 0 Å². The minimum absolute atomic E-state index is 0. The van der Waals surface area contributed by atoms with Crippen molar-refractivity contribution in [1.29, 1.82) is 0 Å². The van der Waals surface area contributed by atoms with Gasteiger partial charge in [-0.25, -0.2) is 0 Å². The van der Waals surface area contributed by atoms with E-state index >= 15 is 0 Å². The molecular formula is C2H9N2NiO+. The van der Waals surface area contributed by atoms with Crippen molar-refractivity contribution in [3.63, 3.8) is 0 Å². The largest absolute Gasteiger partial charge is 2.00 e. The van der Waals surface area contributed by atoms with Gasteiger partial charge in [0.05, 0.1) is 0 Å². The average molecular weight is 136 g/mol. The summed E-state index contributed by atoms with van der Waals surface area (Å²) in [4.78, 5) is 0. The number of hydrogen-bond donors (Lipinski definition) is 2. The molecule has 0 aliphatic carbocycles. The standard InChI is InChI=1S/C2H8N2.Ni.H2O/c3-1-2-4;;/h1-4H2;;1H2/q;+2;/p-1. The van der Waals surface area contributed by atoms with Crippen molar-refractivity contribution in [2.24, 2.45) is 11.5 Å². The van der Waals surface area contributed by atoms with E-state index in [4.69, 9.17) is 11.5 Å². The summed E-state index contributed by atoms with van der Waals surface area (Å²) >= 11 is 0. The maximum atomic E-state index is 4.90. The van der Waals surface area contributed by atoms with Gasteiger partial charge < -0.3 is 16.9 Å². The van der Waals surface area contributed by atoms with E-state index in [0.717, 1.165) is 0 Å². The molecule has 0 atom stereocenters. The van der Waals surface area contributed by atoms with Crippen molar-refractivity contribution in [3.05, 3.63) is 0 Å². The molecule has 0 amide bonds. The van der Waals surface area contributed by atoms with Crippen molar-refractivity contribution in [2.45, 2.75) is 0 Å². The van der Waals surface area contributed by atoms with Crippen LogP contribution in [0.4, 0.5) is 0 Å². The second-order valence-corrected chi connectivity index (χ2v) is 0.577. The summed E-state index contributed by atoms with van der Waals surface area (Å²) in [6.07, 6.45) is 0. The van der Waals surface area contributed by atoms with Gasteiger partial charge in [-0.2, -0.15) is 0 Å². The molecule has 5 N–H and O–H groups in total. The molecule has 6 heavy (non-hydrogen) atoms. The monoisotopic (exact) mass is 135 g/mol. The van der Waals surface area contributed by atoms with Gasteiger partial charge in [0.1, 0.15) is 0 Å². The molecule has 4 heteroatoms. The molecule has 0 aliphatic heterocycles. The van der Waals surface area contributed by atoms with Gasteiger partial charge in [0.25, 0.3) is 0 Å². The Morgan fingerprint density at radius 2 is 1.17 bits per heavy atom. The summed E-state index contributed by atoms with van der Waals surface area (Å²) < 4.78 is 0. The fraction of sp³-hybridized carbons (Fsp3) is 1.00. The molecule has 42 valence electrons. The van der Waals surface area contributed by atoms with Gasteiger partial charge in [-0.1, -0.05) is 0 Å². The van der Waals surface area contributed by atoms with E-state index in [1.807, 2.05) is 0 Å².